The summed E-state index contributed by atoms with van der Waals surface area (Å²) in [5.41, 5.74) is 0.313. The van der Waals surface area contributed by atoms with E-state index in [1.54, 1.807) is 6.07 Å². The molecule has 16 heavy (non-hydrogen) atoms. The molecule has 0 aliphatic rings. The van der Waals surface area contributed by atoms with Crippen molar-refractivity contribution in [3.05, 3.63) is 28.2 Å². The van der Waals surface area contributed by atoms with E-state index in [1.807, 2.05) is 0 Å². The van der Waals surface area contributed by atoms with Crippen LogP contribution in [0.2, 0.25) is 0 Å². The maximum absolute atomic E-state index is 10.9. The molecule has 0 saturated carbocycles. The summed E-state index contributed by atoms with van der Waals surface area (Å²) in [6.07, 6.45) is 0. The zero-order valence-corrected chi connectivity index (χ0v) is 9.98. The van der Waals surface area contributed by atoms with Gasteiger partial charge >= 0.3 is 11.9 Å². The van der Waals surface area contributed by atoms with Crippen LogP contribution in [0.1, 0.15) is 17.3 Å². The fraction of sp³-hybridized carbons (Fsp3) is 0.200. The van der Waals surface area contributed by atoms with Crippen LogP contribution in [0.4, 0.5) is 5.69 Å². The van der Waals surface area contributed by atoms with E-state index in [4.69, 9.17) is 10.2 Å². The first kappa shape index (κ1) is 12.5. The second-order valence-corrected chi connectivity index (χ2v) is 4.11. The van der Waals surface area contributed by atoms with Crippen molar-refractivity contribution >= 4 is 33.6 Å². The molecule has 0 aliphatic heterocycles. The number of carbonyl (C=O) groups is 2. The van der Waals surface area contributed by atoms with E-state index >= 15 is 0 Å². The number of benzene rings is 1. The van der Waals surface area contributed by atoms with Gasteiger partial charge in [-0.3, -0.25) is 4.79 Å². The number of aliphatic carboxylic acids is 1. The molecule has 5 nitrogen and oxygen atoms in total. The molecular weight excluding hydrogens is 278 g/mol. The SMILES string of the molecule is CC(Nc1ccc(Br)cc1C(=O)O)C(=O)O. The standard InChI is InChI=1S/C10H10BrNO4/c1-5(9(13)14)12-8-3-2-6(11)4-7(8)10(15)16/h2-5,12H,1H3,(H,13,14)(H,15,16). The highest BCUT2D eigenvalue weighted by molar-refractivity contribution is 9.10. The number of nitrogens with one attached hydrogen (secondary N) is 1. The van der Waals surface area contributed by atoms with Gasteiger partial charge < -0.3 is 15.5 Å². The summed E-state index contributed by atoms with van der Waals surface area (Å²) >= 11 is 3.15. The molecular formula is C10H10BrNO4. The van der Waals surface area contributed by atoms with Gasteiger partial charge in [-0.1, -0.05) is 15.9 Å². The van der Waals surface area contributed by atoms with Crippen LogP contribution in [0.3, 0.4) is 0 Å². The van der Waals surface area contributed by atoms with Crippen molar-refractivity contribution in [2.24, 2.45) is 0 Å². The predicted octanol–water partition coefficient (Wildman–Crippen LogP) is 2.03. The van der Waals surface area contributed by atoms with Crippen LogP contribution in [-0.4, -0.2) is 28.2 Å². The molecule has 0 radical (unpaired) electrons. The third-order valence-electron chi connectivity index (χ3n) is 1.95. The van der Waals surface area contributed by atoms with Crippen molar-refractivity contribution in [3.63, 3.8) is 0 Å². The van der Waals surface area contributed by atoms with Gasteiger partial charge in [-0.05, 0) is 25.1 Å². The molecule has 0 aromatic heterocycles. The third-order valence-corrected chi connectivity index (χ3v) is 2.45. The van der Waals surface area contributed by atoms with E-state index in [2.05, 4.69) is 21.2 Å². The minimum atomic E-state index is -1.11. The number of rotatable bonds is 4. The second kappa shape index (κ2) is 4.98. The predicted molar refractivity (Wildman–Crippen MR) is 61.8 cm³/mol. The van der Waals surface area contributed by atoms with Crippen LogP contribution in [0, 0.1) is 0 Å². The van der Waals surface area contributed by atoms with Gasteiger partial charge in [-0.2, -0.15) is 0 Å². The van der Waals surface area contributed by atoms with Gasteiger partial charge in [0.1, 0.15) is 6.04 Å². The number of carboxylic acid groups (broad SMARTS) is 2. The molecule has 6 heteroatoms. The van der Waals surface area contributed by atoms with Gasteiger partial charge in [-0.15, -0.1) is 0 Å². The van der Waals surface area contributed by atoms with Crippen LogP contribution in [0.25, 0.3) is 0 Å². The van der Waals surface area contributed by atoms with Crippen LogP contribution in [0.5, 0.6) is 0 Å². The molecule has 0 aliphatic carbocycles. The molecule has 1 unspecified atom stereocenters. The van der Waals surface area contributed by atoms with Gasteiger partial charge in [0.2, 0.25) is 0 Å². The number of hydrogen-bond acceptors (Lipinski definition) is 3. The smallest absolute Gasteiger partial charge is 0.337 e. The Balaban J connectivity index is 3.04. The molecule has 1 aromatic carbocycles. The largest absolute Gasteiger partial charge is 0.480 e. The van der Waals surface area contributed by atoms with E-state index in [-0.39, 0.29) is 11.3 Å². The lowest BCUT2D eigenvalue weighted by Gasteiger charge is -2.13. The Labute approximate surface area is 100 Å². The van der Waals surface area contributed by atoms with Crippen molar-refractivity contribution in [1.82, 2.24) is 0 Å². The average molecular weight is 288 g/mol. The lowest BCUT2D eigenvalue weighted by atomic mass is 10.1. The van der Waals surface area contributed by atoms with E-state index in [0.717, 1.165) is 0 Å². The third kappa shape index (κ3) is 2.96. The summed E-state index contributed by atoms with van der Waals surface area (Å²) in [7, 11) is 0. The highest BCUT2D eigenvalue weighted by atomic mass is 79.9. The molecule has 0 bridgehead atoms. The van der Waals surface area contributed by atoms with Gasteiger partial charge in [0.25, 0.3) is 0 Å². The fourth-order valence-corrected chi connectivity index (χ4v) is 1.48. The first-order valence-corrected chi connectivity index (χ1v) is 5.23. The van der Waals surface area contributed by atoms with Crippen molar-refractivity contribution in [2.45, 2.75) is 13.0 Å². The summed E-state index contributed by atoms with van der Waals surface area (Å²) in [6.45, 7) is 1.44. The Kier molecular flexibility index (Phi) is 3.89. The summed E-state index contributed by atoms with van der Waals surface area (Å²) in [4.78, 5) is 21.5. The Morgan fingerprint density at radius 1 is 1.38 bits per heavy atom. The maximum Gasteiger partial charge on any atom is 0.337 e. The molecule has 0 saturated heterocycles. The van der Waals surface area contributed by atoms with E-state index in [9.17, 15) is 9.59 Å². The van der Waals surface area contributed by atoms with Gasteiger partial charge in [0.15, 0.2) is 0 Å². The number of carboxylic acids is 2. The van der Waals surface area contributed by atoms with Crippen LogP contribution in [0.15, 0.2) is 22.7 Å². The number of hydrogen-bond donors (Lipinski definition) is 3. The zero-order valence-electron chi connectivity index (χ0n) is 8.40. The summed E-state index contributed by atoms with van der Waals surface area (Å²) < 4.78 is 0.624. The maximum atomic E-state index is 10.9. The Morgan fingerprint density at radius 2 is 2.00 bits per heavy atom. The van der Waals surface area contributed by atoms with Crippen LogP contribution in [-0.2, 0) is 4.79 Å². The molecule has 0 amide bonds. The molecule has 1 atom stereocenters. The monoisotopic (exact) mass is 287 g/mol. The second-order valence-electron chi connectivity index (χ2n) is 3.20. The van der Waals surface area contributed by atoms with E-state index in [0.29, 0.717) is 4.47 Å². The minimum Gasteiger partial charge on any atom is -0.480 e. The highest BCUT2D eigenvalue weighted by Crippen LogP contribution is 2.21. The van der Waals surface area contributed by atoms with Crippen LogP contribution >= 0.6 is 15.9 Å². The molecule has 3 N–H and O–H groups in total. The highest BCUT2D eigenvalue weighted by Gasteiger charge is 2.15. The Hall–Kier alpha value is -1.56. The Morgan fingerprint density at radius 3 is 2.50 bits per heavy atom. The van der Waals surface area contributed by atoms with Crippen molar-refractivity contribution in [3.8, 4) is 0 Å². The number of halogens is 1. The van der Waals surface area contributed by atoms with Gasteiger partial charge in [0, 0.05) is 10.2 Å². The summed E-state index contributed by atoms with van der Waals surface area (Å²) in [5.74, 6) is -2.15. The lowest BCUT2D eigenvalue weighted by molar-refractivity contribution is -0.137. The fourth-order valence-electron chi connectivity index (χ4n) is 1.11. The number of anilines is 1. The topological polar surface area (TPSA) is 86.6 Å². The summed E-state index contributed by atoms with van der Waals surface area (Å²) in [6, 6.07) is 3.73. The van der Waals surface area contributed by atoms with E-state index in [1.165, 1.54) is 19.1 Å². The zero-order chi connectivity index (χ0) is 12.3. The number of aromatic carboxylic acids is 1. The molecule has 1 aromatic rings. The molecule has 0 spiro atoms. The Bertz CT molecular complexity index is 433. The quantitative estimate of drug-likeness (QED) is 0.789. The normalized spacial score (nSPS) is 11.9. The molecule has 0 fully saturated rings. The first-order valence-electron chi connectivity index (χ1n) is 4.44. The molecule has 1 rings (SSSR count). The van der Waals surface area contributed by atoms with Gasteiger partial charge in [0.05, 0.1) is 5.56 Å². The van der Waals surface area contributed by atoms with Crippen LogP contribution < -0.4 is 5.32 Å². The summed E-state index contributed by atoms with van der Waals surface area (Å²) in [5, 5.41) is 20.3. The average Bonchev–Trinajstić information content (AvgIpc) is 2.20. The van der Waals surface area contributed by atoms with Crippen molar-refractivity contribution in [2.75, 3.05) is 5.32 Å². The molecule has 86 valence electrons. The van der Waals surface area contributed by atoms with Gasteiger partial charge in [-0.25, -0.2) is 4.79 Å². The van der Waals surface area contributed by atoms with Crippen molar-refractivity contribution in [1.29, 1.82) is 0 Å². The van der Waals surface area contributed by atoms with E-state index < -0.39 is 18.0 Å². The minimum absolute atomic E-state index is 0.0301. The first-order chi connectivity index (χ1) is 7.41. The molecule has 0 heterocycles. The van der Waals surface area contributed by atoms with Crippen molar-refractivity contribution < 1.29 is 19.8 Å². The lowest BCUT2D eigenvalue weighted by Crippen LogP contribution is -2.26.